The molecule has 0 aliphatic rings. The highest BCUT2D eigenvalue weighted by Gasteiger charge is 2.43. The van der Waals surface area contributed by atoms with Crippen LogP contribution in [0.25, 0.3) is 10.9 Å². The Hall–Kier alpha value is -4.75. The zero-order chi connectivity index (χ0) is 29.6. The van der Waals surface area contributed by atoms with Gasteiger partial charge in [-0.2, -0.15) is 13.2 Å². The number of H-pyrrole nitrogens is 1. The van der Waals surface area contributed by atoms with Crippen molar-refractivity contribution in [2.75, 3.05) is 18.5 Å². The number of rotatable bonds is 10. The first-order valence-corrected chi connectivity index (χ1v) is 12.0. The number of pyridine rings is 1. The van der Waals surface area contributed by atoms with Gasteiger partial charge in [-0.15, -0.1) is 0 Å². The number of hydrogen-bond acceptors (Lipinski definition) is 7. The van der Waals surface area contributed by atoms with Crippen molar-refractivity contribution in [3.05, 3.63) is 89.5 Å². The van der Waals surface area contributed by atoms with Crippen LogP contribution in [0.3, 0.4) is 0 Å². The van der Waals surface area contributed by atoms with Crippen LogP contribution in [0.2, 0.25) is 0 Å². The van der Waals surface area contributed by atoms with E-state index in [1.807, 2.05) is 12.1 Å². The Kier molecular flexibility index (Phi) is 9.00. The average molecular weight is 581 g/mol. The molecule has 2 heterocycles. The summed E-state index contributed by atoms with van der Waals surface area (Å²) >= 11 is 0. The smallest absolute Gasteiger partial charge is 0.493 e. The van der Waals surface area contributed by atoms with Crippen molar-refractivity contribution in [2.45, 2.75) is 24.9 Å². The maximum atomic E-state index is 14.7. The van der Waals surface area contributed by atoms with Crippen molar-refractivity contribution in [1.29, 1.82) is 0 Å². The number of ether oxygens (including phenoxy) is 1. The van der Waals surface area contributed by atoms with E-state index in [9.17, 15) is 35.9 Å². The van der Waals surface area contributed by atoms with Gasteiger partial charge in [0, 0.05) is 59.5 Å². The highest BCUT2D eigenvalue weighted by atomic mass is 19.4. The third-order valence-electron chi connectivity index (χ3n) is 5.83. The monoisotopic (exact) mass is 581 g/mol. The highest BCUT2D eigenvalue weighted by molar-refractivity contribution is 5.86. The lowest BCUT2D eigenvalue weighted by atomic mass is 9.87. The molecule has 8 nitrogen and oxygen atoms in total. The van der Waals surface area contributed by atoms with Crippen LogP contribution in [-0.4, -0.2) is 41.2 Å². The van der Waals surface area contributed by atoms with Gasteiger partial charge in [-0.05, 0) is 36.2 Å². The fourth-order valence-corrected chi connectivity index (χ4v) is 4.04. The number of hydrogen-bond donors (Lipinski definition) is 2. The van der Waals surface area contributed by atoms with Crippen LogP contribution in [0.4, 0.5) is 32.2 Å². The molecule has 0 aliphatic heterocycles. The predicted molar refractivity (Wildman–Crippen MR) is 132 cm³/mol. The van der Waals surface area contributed by atoms with Crippen molar-refractivity contribution < 1.29 is 50.4 Å². The summed E-state index contributed by atoms with van der Waals surface area (Å²) < 4.78 is 85.9. The van der Waals surface area contributed by atoms with Crippen LogP contribution < -0.4 is 10.1 Å². The van der Waals surface area contributed by atoms with E-state index in [0.29, 0.717) is 48.4 Å². The van der Waals surface area contributed by atoms with Crippen LogP contribution >= 0.6 is 0 Å². The number of halogens is 6. The lowest BCUT2D eigenvalue weighted by molar-refractivity contribution is -0.285. The van der Waals surface area contributed by atoms with Crippen molar-refractivity contribution in [3.8, 4) is 5.75 Å². The second-order valence-corrected chi connectivity index (χ2v) is 8.66. The minimum atomic E-state index is -5.44. The van der Waals surface area contributed by atoms with Gasteiger partial charge in [0.25, 0.3) is 0 Å². The van der Waals surface area contributed by atoms with Gasteiger partial charge in [0.05, 0.1) is 13.0 Å². The molecule has 1 unspecified atom stereocenters. The number of anilines is 1. The summed E-state index contributed by atoms with van der Waals surface area (Å²) in [6.45, 7) is 0.937. The molecule has 0 saturated carbocycles. The van der Waals surface area contributed by atoms with Crippen molar-refractivity contribution in [3.63, 3.8) is 0 Å². The molecule has 0 bridgehead atoms. The van der Waals surface area contributed by atoms with E-state index in [-0.39, 0.29) is 5.56 Å². The minimum Gasteiger partial charge on any atom is -0.493 e. The second kappa shape index (κ2) is 12.6. The molecule has 0 saturated heterocycles. The molecule has 41 heavy (non-hydrogen) atoms. The molecule has 2 aromatic heterocycles. The van der Waals surface area contributed by atoms with Gasteiger partial charge >= 0.3 is 18.1 Å². The van der Waals surface area contributed by atoms with E-state index in [0.717, 1.165) is 5.82 Å². The quantitative estimate of drug-likeness (QED) is 0.103. The lowest BCUT2D eigenvalue weighted by Crippen LogP contribution is -2.27. The van der Waals surface area contributed by atoms with E-state index >= 15 is 0 Å². The number of alkyl halides is 3. The molecule has 216 valence electrons. The highest BCUT2D eigenvalue weighted by Crippen LogP contribution is 2.37. The van der Waals surface area contributed by atoms with E-state index in [1.165, 1.54) is 6.20 Å². The Morgan fingerprint density at radius 2 is 1.76 bits per heavy atom. The van der Waals surface area contributed by atoms with Gasteiger partial charge in [0.2, 0.25) is 0 Å². The summed E-state index contributed by atoms with van der Waals surface area (Å²) in [6.07, 6.45) is -2.78. The molecule has 4 rings (SSSR count). The SMILES string of the molecule is O=C(CC(c1c(F)cc(F)cc1F)c1c[nH]c2cc(OCCCNc3ccccn3)ccc12)OOC(=O)C(F)(F)F. The number of nitrogens with zero attached hydrogens (tertiary/aromatic N) is 1. The van der Waals surface area contributed by atoms with Crippen LogP contribution in [0.5, 0.6) is 5.75 Å². The largest absolute Gasteiger partial charge is 0.495 e. The summed E-state index contributed by atoms with van der Waals surface area (Å²) in [5.41, 5.74) is -0.171. The van der Waals surface area contributed by atoms with Crippen LogP contribution in [-0.2, 0) is 19.4 Å². The molecule has 4 aromatic rings. The first-order valence-electron chi connectivity index (χ1n) is 12.0. The van der Waals surface area contributed by atoms with Crippen LogP contribution in [0.15, 0.2) is 60.9 Å². The lowest BCUT2D eigenvalue weighted by Gasteiger charge is -2.18. The van der Waals surface area contributed by atoms with E-state index in [4.69, 9.17) is 4.74 Å². The molecule has 0 spiro atoms. The molecule has 2 aromatic carbocycles. The van der Waals surface area contributed by atoms with Gasteiger partial charge in [0.1, 0.15) is 29.0 Å². The van der Waals surface area contributed by atoms with Gasteiger partial charge in [-0.3, -0.25) is 0 Å². The molecule has 0 aliphatic carbocycles. The second-order valence-electron chi connectivity index (χ2n) is 8.66. The molecule has 14 heteroatoms. The Labute approximate surface area is 228 Å². The third-order valence-corrected chi connectivity index (χ3v) is 5.83. The number of aromatic amines is 1. The standard InChI is InChI=1S/C27H21F6N3O5/c28-15-10-20(29)25(21(30)11-15)18(13-24(37)40-41-26(38)27(31,32)33)19-14-36-22-12-16(5-6-17(19)22)39-9-3-8-35-23-4-1-2-7-34-23/h1-2,4-7,10-12,14,18,36H,3,8-9,13H2,(H,34,35). The molecular weight excluding hydrogens is 560 g/mol. The Morgan fingerprint density at radius 1 is 1.00 bits per heavy atom. The first kappa shape index (κ1) is 29.2. The van der Waals surface area contributed by atoms with Gasteiger partial charge < -0.3 is 15.0 Å². The van der Waals surface area contributed by atoms with Gasteiger partial charge in [-0.25, -0.2) is 37.5 Å². The molecule has 0 fully saturated rings. The Morgan fingerprint density at radius 3 is 2.44 bits per heavy atom. The molecular formula is C27H21F6N3O5. The van der Waals surface area contributed by atoms with Crippen molar-refractivity contribution in [2.24, 2.45) is 0 Å². The van der Waals surface area contributed by atoms with E-state index in [2.05, 4.69) is 25.1 Å². The minimum absolute atomic E-state index is 0.134. The fourth-order valence-electron chi connectivity index (χ4n) is 4.04. The topological polar surface area (TPSA) is 103 Å². The maximum absolute atomic E-state index is 14.7. The number of carbonyl (C=O) groups is 2. The van der Waals surface area contributed by atoms with Crippen LogP contribution in [0, 0.1) is 17.5 Å². The van der Waals surface area contributed by atoms with E-state index in [1.54, 1.807) is 30.5 Å². The fraction of sp³-hybridized carbons (Fsp3) is 0.222. The summed E-state index contributed by atoms with van der Waals surface area (Å²) in [6, 6.07) is 11.0. The number of fused-ring (bicyclic) bond motifs is 1. The zero-order valence-corrected chi connectivity index (χ0v) is 20.9. The summed E-state index contributed by atoms with van der Waals surface area (Å²) in [7, 11) is 0. The number of nitrogens with one attached hydrogen (secondary N) is 2. The molecule has 0 amide bonds. The number of carbonyl (C=O) groups excluding carboxylic acids is 2. The zero-order valence-electron chi connectivity index (χ0n) is 20.9. The van der Waals surface area contributed by atoms with Crippen molar-refractivity contribution >= 4 is 28.7 Å². The maximum Gasteiger partial charge on any atom is 0.495 e. The summed E-state index contributed by atoms with van der Waals surface area (Å²) in [5.74, 6) is -8.58. The van der Waals surface area contributed by atoms with E-state index < -0.39 is 53.5 Å². The number of aromatic nitrogens is 2. The summed E-state index contributed by atoms with van der Waals surface area (Å²) in [5, 5.41) is 3.52. The molecule has 1 atom stereocenters. The summed E-state index contributed by atoms with van der Waals surface area (Å²) in [4.78, 5) is 37.6. The van der Waals surface area contributed by atoms with Crippen LogP contribution in [0.1, 0.15) is 29.9 Å². The van der Waals surface area contributed by atoms with Crippen molar-refractivity contribution in [1.82, 2.24) is 9.97 Å². The number of benzene rings is 2. The molecule has 0 radical (unpaired) electrons. The third kappa shape index (κ3) is 7.47. The van der Waals surface area contributed by atoms with Gasteiger partial charge in [0.15, 0.2) is 0 Å². The molecule has 2 N–H and O–H groups in total. The normalized spacial score (nSPS) is 12.1. The Bertz CT molecular complexity index is 1500. The average Bonchev–Trinajstić information content (AvgIpc) is 3.33. The predicted octanol–water partition coefficient (Wildman–Crippen LogP) is 5.95. The van der Waals surface area contributed by atoms with Gasteiger partial charge in [-0.1, -0.05) is 6.07 Å². The first-order chi connectivity index (χ1) is 19.5. The Balaban J connectivity index is 1.51.